The van der Waals surface area contributed by atoms with Crippen molar-refractivity contribution in [2.24, 2.45) is 5.92 Å². The van der Waals surface area contributed by atoms with Crippen LogP contribution in [0.3, 0.4) is 0 Å². The molecule has 23 heavy (non-hydrogen) atoms. The summed E-state index contributed by atoms with van der Waals surface area (Å²) in [5.41, 5.74) is -0.695. The number of halogens is 3. The summed E-state index contributed by atoms with van der Waals surface area (Å²) >= 11 is 0. The topological polar surface area (TPSA) is 39.6 Å². The number of aliphatic hydroxyl groups excluding tert-OH is 1. The van der Waals surface area contributed by atoms with Gasteiger partial charge in [0.1, 0.15) is 5.82 Å². The van der Waals surface area contributed by atoms with Gasteiger partial charge in [-0.25, -0.2) is 4.98 Å². The SMILES string of the molecule is CCCN(C)CC1CCN(c2cc(C(F)(F)F)cc(CO)n2)C1. The summed E-state index contributed by atoms with van der Waals surface area (Å²) in [7, 11) is 2.07. The van der Waals surface area contributed by atoms with Crippen LogP contribution in [0, 0.1) is 5.92 Å². The molecule has 1 aromatic rings. The molecule has 2 rings (SSSR count). The summed E-state index contributed by atoms with van der Waals surface area (Å²) in [5.74, 6) is 0.741. The van der Waals surface area contributed by atoms with Crippen LogP contribution in [0.1, 0.15) is 31.0 Å². The first-order chi connectivity index (χ1) is 10.8. The first kappa shape index (κ1) is 18.0. The Labute approximate surface area is 134 Å². The van der Waals surface area contributed by atoms with Gasteiger partial charge in [-0.15, -0.1) is 0 Å². The second kappa shape index (κ2) is 7.49. The second-order valence-electron chi connectivity index (χ2n) is 6.22. The number of hydrogen-bond donors (Lipinski definition) is 1. The minimum absolute atomic E-state index is 0.0568. The van der Waals surface area contributed by atoms with E-state index in [4.69, 9.17) is 5.11 Å². The largest absolute Gasteiger partial charge is 0.416 e. The van der Waals surface area contributed by atoms with Crippen LogP contribution in [-0.2, 0) is 12.8 Å². The van der Waals surface area contributed by atoms with Gasteiger partial charge in [0, 0.05) is 19.6 Å². The number of aliphatic hydroxyl groups is 1. The molecule has 1 unspecified atom stereocenters. The van der Waals surface area contributed by atoms with E-state index in [0.717, 1.165) is 38.1 Å². The number of anilines is 1. The molecule has 1 N–H and O–H groups in total. The zero-order chi connectivity index (χ0) is 17.0. The molecule has 0 bridgehead atoms. The van der Waals surface area contributed by atoms with Gasteiger partial charge < -0.3 is 14.9 Å². The van der Waals surface area contributed by atoms with Crippen molar-refractivity contribution in [2.75, 3.05) is 38.1 Å². The molecule has 0 saturated carbocycles. The van der Waals surface area contributed by atoms with Crippen molar-refractivity contribution in [1.82, 2.24) is 9.88 Å². The number of alkyl halides is 3. The summed E-state index contributed by atoms with van der Waals surface area (Å²) in [6, 6.07) is 1.99. The number of pyridine rings is 1. The van der Waals surface area contributed by atoms with Crippen molar-refractivity contribution >= 4 is 5.82 Å². The van der Waals surface area contributed by atoms with Gasteiger partial charge >= 0.3 is 6.18 Å². The van der Waals surface area contributed by atoms with E-state index < -0.39 is 18.3 Å². The zero-order valence-corrected chi connectivity index (χ0v) is 13.6. The summed E-state index contributed by atoms with van der Waals surface area (Å²) in [6.07, 6.45) is -2.40. The molecule has 1 aliphatic rings. The van der Waals surface area contributed by atoms with Crippen LogP contribution in [0.15, 0.2) is 12.1 Å². The first-order valence-corrected chi connectivity index (χ1v) is 7.96. The maximum atomic E-state index is 13.0. The van der Waals surface area contributed by atoms with Gasteiger partial charge in [-0.3, -0.25) is 0 Å². The first-order valence-electron chi connectivity index (χ1n) is 7.96. The third-order valence-electron chi connectivity index (χ3n) is 4.14. The molecule has 2 heterocycles. The van der Waals surface area contributed by atoms with Gasteiger partial charge in [0.25, 0.3) is 0 Å². The predicted octanol–water partition coefficient (Wildman–Crippen LogP) is 2.76. The lowest BCUT2D eigenvalue weighted by molar-refractivity contribution is -0.137. The average molecular weight is 331 g/mol. The zero-order valence-electron chi connectivity index (χ0n) is 13.6. The molecule has 1 saturated heterocycles. The van der Waals surface area contributed by atoms with E-state index in [1.54, 1.807) is 0 Å². The van der Waals surface area contributed by atoms with E-state index in [1.165, 1.54) is 0 Å². The smallest absolute Gasteiger partial charge is 0.390 e. The molecule has 4 nitrogen and oxygen atoms in total. The lowest BCUT2D eigenvalue weighted by Crippen LogP contribution is -2.29. The summed E-state index contributed by atoms with van der Waals surface area (Å²) in [4.78, 5) is 8.30. The normalized spacial score (nSPS) is 18.9. The third kappa shape index (κ3) is 4.81. The number of hydrogen-bond acceptors (Lipinski definition) is 4. The van der Waals surface area contributed by atoms with Crippen molar-refractivity contribution in [2.45, 2.75) is 32.5 Å². The molecule has 1 fully saturated rings. The van der Waals surface area contributed by atoms with E-state index in [0.29, 0.717) is 24.8 Å². The van der Waals surface area contributed by atoms with Gasteiger partial charge in [0.2, 0.25) is 0 Å². The molecule has 130 valence electrons. The summed E-state index contributed by atoms with van der Waals surface area (Å²) < 4.78 is 38.9. The van der Waals surface area contributed by atoms with Crippen LogP contribution in [0.4, 0.5) is 19.0 Å². The monoisotopic (exact) mass is 331 g/mol. The fourth-order valence-electron chi connectivity index (χ4n) is 3.08. The fourth-order valence-corrected chi connectivity index (χ4v) is 3.08. The van der Waals surface area contributed by atoms with Gasteiger partial charge in [-0.2, -0.15) is 13.2 Å². The molecule has 0 spiro atoms. The maximum absolute atomic E-state index is 13.0. The number of rotatable bonds is 6. The quantitative estimate of drug-likeness (QED) is 0.870. The van der Waals surface area contributed by atoms with Crippen molar-refractivity contribution in [1.29, 1.82) is 0 Å². The molecule has 0 amide bonds. The summed E-state index contributed by atoms with van der Waals surface area (Å²) in [6.45, 7) is 4.99. The minimum atomic E-state index is -4.43. The Hall–Kier alpha value is -1.34. The fraction of sp³-hybridized carbons (Fsp3) is 0.688. The molecule has 7 heteroatoms. The summed E-state index contributed by atoms with van der Waals surface area (Å²) in [5, 5.41) is 9.17. The molecule has 1 aromatic heterocycles. The van der Waals surface area contributed by atoms with Gasteiger partial charge in [-0.05, 0) is 44.5 Å². The molecule has 0 aliphatic carbocycles. The molecular formula is C16H24F3N3O. The second-order valence-corrected chi connectivity index (χ2v) is 6.22. The molecule has 1 atom stereocenters. The standard InChI is InChI=1S/C16H24F3N3O/c1-3-5-21(2)9-12-4-6-22(10-12)15-8-13(16(17,18)19)7-14(11-23)20-15/h7-8,12,23H,3-6,9-11H2,1-2H3. The van der Waals surface area contributed by atoms with Gasteiger partial charge in [0.15, 0.2) is 0 Å². The average Bonchev–Trinajstić information content (AvgIpc) is 2.94. The molecular weight excluding hydrogens is 307 g/mol. The highest BCUT2D eigenvalue weighted by molar-refractivity contribution is 5.44. The van der Waals surface area contributed by atoms with Crippen LogP contribution >= 0.6 is 0 Å². The van der Waals surface area contributed by atoms with E-state index in [9.17, 15) is 13.2 Å². The van der Waals surface area contributed by atoms with Crippen molar-refractivity contribution in [3.05, 3.63) is 23.4 Å². The molecule has 0 radical (unpaired) electrons. The van der Waals surface area contributed by atoms with E-state index in [2.05, 4.69) is 23.9 Å². The van der Waals surface area contributed by atoms with Crippen molar-refractivity contribution in [3.8, 4) is 0 Å². The highest BCUT2D eigenvalue weighted by Gasteiger charge is 2.33. The van der Waals surface area contributed by atoms with Gasteiger partial charge in [-0.1, -0.05) is 6.92 Å². The lowest BCUT2D eigenvalue weighted by atomic mass is 10.1. The lowest BCUT2D eigenvalue weighted by Gasteiger charge is -2.22. The minimum Gasteiger partial charge on any atom is -0.390 e. The van der Waals surface area contributed by atoms with E-state index in [1.807, 2.05) is 4.90 Å². The molecule has 0 aromatic carbocycles. The Morgan fingerprint density at radius 1 is 1.39 bits per heavy atom. The Balaban J connectivity index is 2.10. The number of nitrogens with zero attached hydrogens (tertiary/aromatic N) is 3. The van der Waals surface area contributed by atoms with Crippen LogP contribution in [0.5, 0.6) is 0 Å². The Bertz CT molecular complexity index is 522. The van der Waals surface area contributed by atoms with Gasteiger partial charge in [0.05, 0.1) is 17.9 Å². The predicted molar refractivity (Wildman–Crippen MR) is 83.3 cm³/mol. The maximum Gasteiger partial charge on any atom is 0.416 e. The highest BCUT2D eigenvalue weighted by atomic mass is 19.4. The number of aromatic nitrogens is 1. The Morgan fingerprint density at radius 2 is 2.13 bits per heavy atom. The van der Waals surface area contributed by atoms with Crippen LogP contribution in [-0.4, -0.2) is 48.2 Å². The molecule has 1 aliphatic heterocycles. The highest BCUT2D eigenvalue weighted by Crippen LogP contribution is 2.33. The van der Waals surface area contributed by atoms with Crippen LogP contribution in [0.2, 0.25) is 0 Å². The van der Waals surface area contributed by atoms with Crippen molar-refractivity contribution in [3.63, 3.8) is 0 Å². The van der Waals surface area contributed by atoms with E-state index in [-0.39, 0.29) is 5.69 Å². The van der Waals surface area contributed by atoms with Crippen LogP contribution < -0.4 is 4.90 Å². The Kier molecular flexibility index (Phi) is 5.86. The van der Waals surface area contributed by atoms with Crippen LogP contribution in [0.25, 0.3) is 0 Å². The Morgan fingerprint density at radius 3 is 2.74 bits per heavy atom. The third-order valence-corrected chi connectivity index (χ3v) is 4.14. The van der Waals surface area contributed by atoms with E-state index >= 15 is 0 Å². The van der Waals surface area contributed by atoms with Crippen molar-refractivity contribution < 1.29 is 18.3 Å².